The Hall–Kier alpha value is -4.40. The van der Waals surface area contributed by atoms with E-state index in [-0.39, 0.29) is 18.4 Å². The lowest BCUT2D eigenvalue weighted by molar-refractivity contribution is -0.127. The quantitative estimate of drug-likeness (QED) is 0.303. The van der Waals surface area contributed by atoms with Crippen molar-refractivity contribution in [2.75, 3.05) is 25.7 Å². The van der Waals surface area contributed by atoms with Gasteiger partial charge in [-0.25, -0.2) is 4.68 Å². The van der Waals surface area contributed by atoms with Crippen molar-refractivity contribution < 1.29 is 19.1 Å². The van der Waals surface area contributed by atoms with Gasteiger partial charge in [0.05, 0.1) is 19.7 Å². The number of nitrogens with one attached hydrogen (secondary N) is 1. The number of aryl methyl sites for hydroxylation is 1. The predicted molar refractivity (Wildman–Crippen MR) is 151 cm³/mol. The van der Waals surface area contributed by atoms with Crippen molar-refractivity contribution in [3.05, 3.63) is 77.9 Å². The Morgan fingerprint density at radius 3 is 2.38 bits per heavy atom. The molecule has 0 spiro atoms. The second-order valence-electron chi connectivity index (χ2n) is 9.83. The molecular weight excluding hydrogens is 494 g/mol. The van der Waals surface area contributed by atoms with Crippen molar-refractivity contribution in [1.29, 1.82) is 0 Å². The zero-order valence-electron chi connectivity index (χ0n) is 23.0. The number of anilines is 1. The summed E-state index contributed by atoms with van der Waals surface area (Å²) in [5.74, 6) is 0.784. The number of ether oxygens (including phenoxy) is 2. The van der Waals surface area contributed by atoms with E-state index < -0.39 is 6.04 Å². The van der Waals surface area contributed by atoms with Crippen molar-refractivity contribution >= 4 is 28.5 Å². The Kier molecular flexibility index (Phi) is 8.81. The Morgan fingerprint density at radius 1 is 0.974 bits per heavy atom. The summed E-state index contributed by atoms with van der Waals surface area (Å²) in [4.78, 5) is 29.5. The molecule has 4 rings (SSSR count). The van der Waals surface area contributed by atoms with Gasteiger partial charge in [-0.05, 0) is 49.1 Å². The average Bonchev–Trinajstić information content (AvgIpc) is 3.34. The molecule has 9 heteroatoms. The molecule has 1 heterocycles. The third-order valence-corrected chi connectivity index (χ3v) is 6.54. The third-order valence-electron chi connectivity index (χ3n) is 6.54. The Balaban J connectivity index is 1.81. The minimum absolute atomic E-state index is 0.115. The predicted octanol–water partition coefficient (Wildman–Crippen LogP) is 4.69. The highest BCUT2D eigenvalue weighted by atomic mass is 16.5. The lowest BCUT2D eigenvalue weighted by Crippen LogP contribution is -2.45. The molecule has 4 aromatic rings. The molecule has 0 radical (unpaired) electrons. The molecule has 0 aliphatic heterocycles. The van der Waals surface area contributed by atoms with E-state index in [1.165, 1.54) is 12.0 Å². The first-order valence-electron chi connectivity index (χ1n) is 13.0. The SMILES string of the molecule is COc1ccc(N(C(=O)Cn2nnc3ccccc32)[C@H](C(=O)NCCC(C)C)c2ccc(C)cc2)cc1OC. The van der Waals surface area contributed by atoms with Gasteiger partial charge in [-0.1, -0.05) is 61.0 Å². The fourth-order valence-corrected chi connectivity index (χ4v) is 4.40. The van der Waals surface area contributed by atoms with Crippen molar-refractivity contribution in [3.63, 3.8) is 0 Å². The molecule has 39 heavy (non-hydrogen) atoms. The van der Waals surface area contributed by atoms with E-state index in [0.717, 1.165) is 17.5 Å². The average molecular weight is 530 g/mol. The smallest absolute Gasteiger partial charge is 0.249 e. The third kappa shape index (κ3) is 6.37. The number of aromatic nitrogens is 3. The van der Waals surface area contributed by atoms with Gasteiger partial charge in [-0.3, -0.25) is 14.5 Å². The highest BCUT2D eigenvalue weighted by Gasteiger charge is 2.33. The highest BCUT2D eigenvalue weighted by molar-refractivity contribution is 6.01. The summed E-state index contributed by atoms with van der Waals surface area (Å²) in [7, 11) is 3.08. The topological polar surface area (TPSA) is 98.6 Å². The van der Waals surface area contributed by atoms with Gasteiger partial charge in [0, 0.05) is 18.3 Å². The second-order valence-corrected chi connectivity index (χ2v) is 9.83. The van der Waals surface area contributed by atoms with Gasteiger partial charge >= 0.3 is 0 Å². The van der Waals surface area contributed by atoms with Crippen LogP contribution in [-0.4, -0.2) is 47.6 Å². The van der Waals surface area contributed by atoms with Gasteiger partial charge < -0.3 is 14.8 Å². The summed E-state index contributed by atoms with van der Waals surface area (Å²) >= 11 is 0. The number of methoxy groups -OCH3 is 2. The van der Waals surface area contributed by atoms with E-state index in [4.69, 9.17) is 9.47 Å². The van der Waals surface area contributed by atoms with E-state index >= 15 is 0 Å². The molecule has 204 valence electrons. The lowest BCUT2D eigenvalue weighted by Gasteiger charge is -2.32. The van der Waals surface area contributed by atoms with E-state index in [2.05, 4.69) is 29.5 Å². The van der Waals surface area contributed by atoms with Crippen LogP contribution in [-0.2, 0) is 16.1 Å². The molecule has 1 aromatic heterocycles. The minimum atomic E-state index is -0.932. The zero-order chi connectivity index (χ0) is 27.9. The molecule has 3 aromatic carbocycles. The van der Waals surface area contributed by atoms with Gasteiger partial charge in [0.25, 0.3) is 0 Å². The number of fused-ring (bicyclic) bond motifs is 1. The summed E-state index contributed by atoms with van der Waals surface area (Å²) in [5.41, 5.74) is 3.65. The van der Waals surface area contributed by atoms with Gasteiger partial charge in [0.15, 0.2) is 11.5 Å². The molecule has 0 saturated heterocycles. The molecule has 1 N–H and O–H groups in total. The van der Waals surface area contributed by atoms with E-state index in [1.807, 2.05) is 55.5 Å². The van der Waals surface area contributed by atoms with E-state index in [1.54, 1.807) is 30.0 Å². The number of rotatable bonds is 11. The summed E-state index contributed by atoms with van der Waals surface area (Å²) in [6.45, 7) is 6.57. The van der Waals surface area contributed by atoms with E-state index in [9.17, 15) is 9.59 Å². The number of amides is 2. The summed E-state index contributed by atoms with van der Waals surface area (Å²) < 4.78 is 12.5. The molecule has 1 atom stereocenters. The first-order valence-corrected chi connectivity index (χ1v) is 13.0. The molecule has 9 nitrogen and oxygen atoms in total. The molecule has 0 saturated carbocycles. The van der Waals surface area contributed by atoms with Gasteiger partial charge in [0.2, 0.25) is 11.8 Å². The second kappa shape index (κ2) is 12.4. The molecular formula is C30H35N5O4. The summed E-state index contributed by atoms with van der Waals surface area (Å²) in [6.07, 6.45) is 0.821. The van der Waals surface area contributed by atoms with Gasteiger partial charge in [-0.15, -0.1) is 5.10 Å². The van der Waals surface area contributed by atoms with Gasteiger partial charge in [0.1, 0.15) is 18.1 Å². The van der Waals surface area contributed by atoms with Crippen molar-refractivity contribution in [1.82, 2.24) is 20.3 Å². The maximum atomic E-state index is 14.2. The summed E-state index contributed by atoms with van der Waals surface area (Å²) in [6, 6.07) is 19.3. The first kappa shape index (κ1) is 27.6. The van der Waals surface area contributed by atoms with Crippen molar-refractivity contribution in [2.24, 2.45) is 5.92 Å². The zero-order valence-corrected chi connectivity index (χ0v) is 23.0. The fraction of sp³-hybridized carbons (Fsp3) is 0.333. The molecule has 0 fully saturated rings. The molecule has 0 unspecified atom stereocenters. The molecule has 0 aliphatic carbocycles. The van der Waals surface area contributed by atoms with Crippen LogP contribution >= 0.6 is 0 Å². The number of carbonyl (C=O) groups excluding carboxylic acids is 2. The Labute approximate surface area is 228 Å². The number of benzene rings is 3. The monoisotopic (exact) mass is 529 g/mol. The van der Waals surface area contributed by atoms with Crippen LogP contribution in [0.5, 0.6) is 11.5 Å². The number of nitrogens with zero attached hydrogens (tertiary/aromatic N) is 4. The first-order chi connectivity index (χ1) is 18.8. The highest BCUT2D eigenvalue weighted by Crippen LogP contribution is 2.36. The maximum Gasteiger partial charge on any atom is 0.249 e. The van der Waals surface area contributed by atoms with E-state index in [0.29, 0.717) is 40.7 Å². The Bertz CT molecular complexity index is 1430. The summed E-state index contributed by atoms with van der Waals surface area (Å²) in [5, 5.41) is 11.4. The fourth-order valence-electron chi connectivity index (χ4n) is 4.40. The lowest BCUT2D eigenvalue weighted by atomic mass is 10.0. The maximum absolute atomic E-state index is 14.2. The van der Waals surface area contributed by atoms with Gasteiger partial charge in [-0.2, -0.15) is 0 Å². The van der Waals surface area contributed by atoms with Crippen LogP contribution in [0.25, 0.3) is 11.0 Å². The van der Waals surface area contributed by atoms with Crippen molar-refractivity contribution in [3.8, 4) is 11.5 Å². The Morgan fingerprint density at radius 2 is 1.69 bits per heavy atom. The van der Waals surface area contributed by atoms with Crippen LogP contribution in [0.1, 0.15) is 37.4 Å². The molecule has 2 amide bonds. The number of para-hydroxylation sites is 1. The van der Waals surface area contributed by atoms with Crippen LogP contribution in [0.4, 0.5) is 5.69 Å². The van der Waals surface area contributed by atoms with Crippen LogP contribution < -0.4 is 19.7 Å². The number of hydrogen-bond acceptors (Lipinski definition) is 6. The largest absolute Gasteiger partial charge is 0.493 e. The van der Waals surface area contributed by atoms with Crippen LogP contribution in [0.15, 0.2) is 66.7 Å². The molecule has 0 aliphatic rings. The van der Waals surface area contributed by atoms with Crippen LogP contribution in [0.3, 0.4) is 0 Å². The number of carbonyl (C=O) groups is 2. The standard InChI is InChI=1S/C30H35N5O4/c1-20(2)16-17-31-30(37)29(22-12-10-21(3)11-13-22)35(23-14-15-26(38-4)27(18-23)39-5)28(36)19-34-25-9-7-6-8-24(25)32-33-34/h6-15,18,20,29H,16-17,19H2,1-5H3,(H,31,37)/t29-/m0/s1. The van der Waals surface area contributed by atoms with Crippen molar-refractivity contribution in [2.45, 2.75) is 39.8 Å². The number of hydrogen-bond donors (Lipinski definition) is 1. The van der Waals surface area contributed by atoms with Crippen LogP contribution in [0.2, 0.25) is 0 Å². The molecule has 0 bridgehead atoms. The minimum Gasteiger partial charge on any atom is -0.493 e. The normalized spacial score (nSPS) is 11.8. The van der Waals surface area contributed by atoms with Crippen LogP contribution in [0, 0.1) is 12.8 Å².